The van der Waals surface area contributed by atoms with Crippen LogP contribution in [0.5, 0.6) is 0 Å². The van der Waals surface area contributed by atoms with E-state index in [-0.39, 0.29) is 0 Å². The van der Waals surface area contributed by atoms with Crippen molar-refractivity contribution in [3.05, 3.63) is 64.7 Å². The molecule has 2 aromatic carbocycles. The second kappa shape index (κ2) is 6.28. The standard InChI is InChI=1S/C15H15ClOS/c1-11-5-4-6-12(9-11)14(17)10-18-15-8-3-2-7-13(15)16/h2-9,14,17H,10H2,1H3. The third kappa shape index (κ3) is 3.52. The minimum Gasteiger partial charge on any atom is -0.388 e. The molecule has 0 aliphatic rings. The second-order valence-corrected chi connectivity index (χ2v) is 5.64. The van der Waals surface area contributed by atoms with Gasteiger partial charge in [0.25, 0.3) is 0 Å². The van der Waals surface area contributed by atoms with Gasteiger partial charge in [-0.25, -0.2) is 0 Å². The number of aryl methyl sites for hydroxylation is 1. The zero-order chi connectivity index (χ0) is 13.0. The van der Waals surface area contributed by atoms with Crippen molar-refractivity contribution in [2.24, 2.45) is 0 Å². The molecule has 0 saturated carbocycles. The zero-order valence-electron chi connectivity index (χ0n) is 10.1. The normalized spacial score (nSPS) is 12.4. The first-order valence-electron chi connectivity index (χ1n) is 5.79. The summed E-state index contributed by atoms with van der Waals surface area (Å²) in [5, 5.41) is 10.9. The van der Waals surface area contributed by atoms with Crippen molar-refractivity contribution in [1.29, 1.82) is 0 Å². The van der Waals surface area contributed by atoms with Crippen molar-refractivity contribution in [3.8, 4) is 0 Å². The molecule has 1 nitrogen and oxygen atoms in total. The largest absolute Gasteiger partial charge is 0.388 e. The van der Waals surface area contributed by atoms with E-state index in [1.165, 1.54) is 0 Å². The summed E-state index contributed by atoms with van der Waals surface area (Å²) in [7, 11) is 0. The molecule has 0 bridgehead atoms. The molecule has 0 aliphatic carbocycles. The van der Waals surface area contributed by atoms with Crippen LogP contribution in [-0.4, -0.2) is 10.9 Å². The number of aliphatic hydroxyl groups is 1. The number of aliphatic hydroxyl groups excluding tert-OH is 1. The van der Waals surface area contributed by atoms with Crippen LogP contribution in [0.15, 0.2) is 53.4 Å². The van der Waals surface area contributed by atoms with Crippen molar-refractivity contribution in [1.82, 2.24) is 0 Å². The highest BCUT2D eigenvalue weighted by Crippen LogP contribution is 2.30. The maximum absolute atomic E-state index is 10.1. The highest BCUT2D eigenvalue weighted by atomic mass is 35.5. The fourth-order valence-corrected chi connectivity index (χ4v) is 2.91. The number of hydrogen-bond acceptors (Lipinski definition) is 2. The third-order valence-electron chi connectivity index (χ3n) is 2.66. The molecular formula is C15H15ClOS. The van der Waals surface area contributed by atoms with Gasteiger partial charge in [0, 0.05) is 10.6 Å². The molecule has 18 heavy (non-hydrogen) atoms. The first kappa shape index (κ1) is 13.5. The number of thioether (sulfide) groups is 1. The molecule has 3 heteroatoms. The zero-order valence-corrected chi connectivity index (χ0v) is 11.7. The number of halogens is 1. The molecule has 0 spiro atoms. The first-order chi connectivity index (χ1) is 8.66. The molecule has 0 aromatic heterocycles. The van der Waals surface area contributed by atoms with Gasteiger partial charge in [-0.1, -0.05) is 53.6 Å². The molecule has 0 fully saturated rings. The lowest BCUT2D eigenvalue weighted by molar-refractivity contribution is 0.204. The van der Waals surface area contributed by atoms with Crippen molar-refractivity contribution in [2.75, 3.05) is 5.75 Å². The quantitative estimate of drug-likeness (QED) is 0.833. The fourth-order valence-electron chi connectivity index (χ4n) is 1.70. The summed E-state index contributed by atoms with van der Waals surface area (Å²) < 4.78 is 0. The summed E-state index contributed by atoms with van der Waals surface area (Å²) >= 11 is 7.65. The van der Waals surface area contributed by atoms with E-state index in [0.29, 0.717) is 5.75 Å². The summed E-state index contributed by atoms with van der Waals surface area (Å²) in [5.41, 5.74) is 2.11. The second-order valence-electron chi connectivity index (χ2n) is 4.17. The SMILES string of the molecule is Cc1cccc(C(O)CSc2ccccc2Cl)c1. The minimum absolute atomic E-state index is 0.467. The van der Waals surface area contributed by atoms with Crippen LogP contribution in [0.3, 0.4) is 0 Å². The Morgan fingerprint density at radius 2 is 1.94 bits per heavy atom. The Balaban J connectivity index is 2.00. The molecule has 0 radical (unpaired) electrons. The smallest absolute Gasteiger partial charge is 0.0884 e. The Labute approximate surface area is 117 Å². The van der Waals surface area contributed by atoms with Gasteiger partial charge in [0.1, 0.15) is 0 Å². The fraction of sp³-hybridized carbons (Fsp3) is 0.200. The van der Waals surface area contributed by atoms with Gasteiger partial charge in [-0.15, -0.1) is 11.8 Å². The van der Waals surface area contributed by atoms with Gasteiger partial charge in [0.2, 0.25) is 0 Å². The van der Waals surface area contributed by atoms with Gasteiger partial charge in [-0.05, 0) is 24.6 Å². The molecule has 2 rings (SSSR count). The van der Waals surface area contributed by atoms with Crippen LogP contribution in [0.1, 0.15) is 17.2 Å². The molecule has 0 amide bonds. The monoisotopic (exact) mass is 278 g/mol. The van der Waals surface area contributed by atoms with E-state index < -0.39 is 6.10 Å². The van der Waals surface area contributed by atoms with E-state index in [9.17, 15) is 5.11 Å². The maximum Gasteiger partial charge on any atom is 0.0884 e. The van der Waals surface area contributed by atoms with Gasteiger partial charge in [-0.2, -0.15) is 0 Å². The Morgan fingerprint density at radius 1 is 1.17 bits per heavy atom. The average molecular weight is 279 g/mol. The van der Waals surface area contributed by atoms with Crippen LogP contribution in [-0.2, 0) is 0 Å². The number of rotatable bonds is 4. The third-order valence-corrected chi connectivity index (χ3v) is 4.25. The molecular weight excluding hydrogens is 264 g/mol. The van der Waals surface area contributed by atoms with E-state index in [4.69, 9.17) is 11.6 Å². The van der Waals surface area contributed by atoms with Crippen molar-refractivity contribution in [2.45, 2.75) is 17.9 Å². The summed E-state index contributed by atoms with van der Waals surface area (Å²) in [6.45, 7) is 2.03. The molecule has 0 aliphatic heterocycles. The summed E-state index contributed by atoms with van der Waals surface area (Å²) in [6, 6.07) is 15.6. The number of hydrogen-bond donors (Lipinski definition) is 1. The van der Waals surface area contributed by atoms with Crippen LogP contribution in [0.4, 0.5) is 0 Å². The minimum atomic E-state index is -0.467. The Kier molecular flexibility index (Phi) is 4.70. The Bertz CT molecular complexity index is 527. The molecule has 2 aromatic rings. The van der Waals surface area contributed by atoms with E-state index >= 15 is 0 Å². The highest BCUT2D eigenvalue weighted by molar-refractivity contribution is 7.99. The highest BCUT2D eigenvalue weighted by Gasteiger charge is 2.09. The molecule has 1 unspecified atom stereocenters. The lowest BCUT2D eigenvalue weighted by Gasteiger charge is -2.11. The Morgan fingerprint density at radius 3 is 2.67 bits per heavy atom. The van der Waals surface area contributed by atoms with Crippen LogP contribution in [0.25, 0.3) is 0 Å². The van der Waals surface area contributed by atoms with E-state index in [2.05, 4.69) is 0 Å². The lowest BCUT2D eigenvalue weighted by Crippen LogP contribution is -2.00. The van der Waals surface area contributed by atoms with Gasteiger partial charge in [-0.3, -0.25) is 0 Å². The number of benzene rings is 2. The van der Waals surface area contributed by atoms with Gasteiger partial charge in [0.05, 0.1) is 11.1 Å². The van der Waals surface area contributed by atoms with Crippen molar-refractivity contribution < 1.29 is 5.11 Å². The molecule has 1 N–H and O–H groups in total. The topological polar surface area (TPSA) is 20.2 Å². The van der Waals surface area contributed by atoms with E-state index in [1.807, 2.05) is 55.5 Å². The van der Waals surface area contributed by atoms with Crippen LogP contribution < -0.4 is 0 Å². The predicted molar refractivity (Wildman–Crippen MR) is 78.3 cm³/mol. The van der Waals surface area contributed by atoms with Gasteiger partial charge in [0.15, 0.2) is 0 Å². The van der Waals surface area contributed by atoms with Crippen LogP contribution in [0.2, 0.25) is 5.02 Å². The summed E-state index contributed by atoms with van der Waals surface area (Å²) in [4.78, 5) is 1.01. The molecule has 94 valence electrons. The first-order valence-corrected chi connectivity index (χ1v) is 7.15. The Hall–Kier alpha value is -0.960. The predicted octanol–water partition coefficient (Wildman–Crippen LogP) is 4.47. The van der Waals surface area contributed by atoms with E-state index in [1.54, 1.807) is 11.8 Å². The van der Waals surface area contributed by atoms with Crippen molar-refractivity contribution >= 4 is 23.4 Å². The summed E-state index contributed by atoms with van der Waals surface area (Å²) in [5.74, 6) is 0.604. The maximum atomic E-state index is 10.1. The van der Waals surface area contributed by atoms with E-state index in [0.717, 1.165) is 21.0 Å². The molecule has 0 saturated heterocycles. The van der Waals surface area contributed by atoms with Gasteiger partial charge < -0.3 is 5.11 Å². The van der Waals surface area contributed by atoms with Crippen LogP contribution in [0, 0.1) is 6.92 Å². The lowest BCUT2D eigenvalue weighted by atomic mass is 10.1. The average Bonchev–Trinajstić information content (AvgIpc) is 2.37. The van der Waals surface area contributed by atoms with Crippen LogP contribution >= 0.6 is 23.4 Å². The molecule has 0 heterocycles. The summed E-state index contributed by atoms with van der Waals surface area (Å²) in [6.07, 6.45) is -0.467. The van der Waals surface area contributed by atoms with Crippen molar-refractivity contribution in [3.63, 3.8) is 0 Å². The van der Waals surface area contributed by atoms with Gasteiger partial charge >= 0.3 is 0 Å². The molecule has 1 atom stereocenters.